The number of hydrogen-bond donors (Lipinski definition) is 0. The lowest BCUT2D eigenvalue weighted by molar-refractivity contribution is 0.669. The first-order chi connectivity index (χ1) is 34.7. The first kappa shape index (κ1) is 38.7. The Labute approximate surface area is 403 Å². The van der Waals surface area contributed by atoms with Crippen LogP contribution >= 0.6 is 0 Å². The van der Waals surface area contributed by atoms with E-state index in [1.165, 1.54) is 76.6 Å². The summed E-state index contributed by atoms with van der Waals surface area (Å²) in [6.07, 6.45) is 0. The Morgan fingerprint density at radius 2 is 0.657 bits per heavy atom. The van der Waals surface area contributed by atoms with Crippen LogP contribution < -0.4 is 4.90 Å². The minimum atomic E-state index is 0.897. The van der Waals surface area contributed by atoms with Gasteiger partial charge < -0.3 is 18.3 Å². The molecule has 0 amide bonds. The van der Waals surface area contributed by atoms with E-state index in [2.05, 4.69) is 250 Å². The summed E-state index contributed by atoms with van der Waals surface area (Å²) in [6, 6.07) is 90.4. The Morgan fingerprint density at radius 3 is 1.19 bits per heavy atom. The van der Waals surface area contributed by atoms with Gasteiger partial charge in [-0.1, -0.05) is 146 Å². The number of rotatable bonds is 7. The van der Waals surface area contributed by atoms with Crippen LogP contribution in [0.3, 0.4) is 0 Å². The fourth-order valence-electron chi connectivity index (χ4n) is 11.4. The summed E-state index contributed by atoms with van der Waals surface area (Å²) in [4.78, 5) is 2.36. The highest BCUT2D eigenvalue weighted by Gasteiger charge is 2.20. The highest BCUT2D eigenvalue weighted by molar-refractivity contribution is 6.24. The molecule has 4 nitrogen and oxygen atoms in total. The summed E-state index contributed by atoms with van der Waals surface area (Å²) in [5, 5.41) is 9.93. The van der Waals surface area contributed by atoms with Crippen LogP contribution in [0.1, 0.15) is 0 Å². The van der Waals surface area contributed by atoms with Crippen molar-refractivity contribution < 1.29 is 4.42 Å². The molecule has 0 atom stereocenters. The highest BCUT2D eigenvalue weighted by Crippen LogP contribution is 2.44. The molecule has 4 heteroatoms. The molecule has 15 aromatic rings. The molecule has 15 rings (SSSR count). The summed E-state index contributed by atoms with van der Waals surface area (Å²) in [5.74, 6) is 0. The third kappa shape index (κ3) is 5.84. The van der Waals surface area contributed by atoms with E-state index in [0.29, 0.717) is 0 Å². The van der Waals surface area contributed by atoms with E-state index in [0.717, 1.165) is 61.4 Å². The van der Waals surface area contributed by atoms with E-state index in [9.17, 15) is 0 Å². The molecule has 0 N–H and O–H groups in total. The van der Waals surface area contributed by atoms with Crippen LogP contribution in [0.2, 0.25) is 0 Å². The fourth-order valence-corrected chi connectivity index (χ4v) is 11.4. The first-order valence-electron chi connectivity index (χ1n) is 24.0. The molecule has 0 aliphatic rings. The Morgan fingerprint density at radius 1 is 0.271 bits per heavy atom. The maximum Gasteiger partial charge on any atom is 0.136 e. The van der Waals surface area contributed by atoms with Crippen molar-refractivity contribution in [2.24, 2.45) is 0 Å². The lowest BCUT2D eigenvalue weighted by atomic mass is 9.99. The molecule has 326 valence electrons. The quantitative estimate of drug-likeness (QED) is 0.159. The molecule has 0 saturated heterocycles. The van der Waals surface area contributed by atoms with Crippen LogP contribution in [0, 0.1) is 0 Å². The van der Waals surface area contributed by atoms with E-state index >= 15 is 0 Å². The van der Waals surface area contributed by atoms with Gasteiger partial charge in [0.1, 0.15) is 11.2 Å². The predicted molar refractivity (Wildman–Crippen MR) is 294 cm³/mol. The van der Waals surface area contributed by atoms with Gasteiger partial charge in [0, 0.05) is 65.8 Å². The second kappa shape index (κ2) is 15.1. The van der Waals surface area contributed by atoms with E-state index in [1.54, 1.807) is 0 Å². The molecule has 0 bridgehead atoms. The Hall–Kier alpha value is -9.38. The standard InChI is InChI=1S/C66H41N3O/c1-6-16-60-52(11-1)53-12-2-7-17-61(53)68(60)51-36-23-43(24-37-51)42-21-30-48(31-22-42)67(49-32-25-44(26-33-49)46-29-38-57-56-15-5-10-20-64(56)70-65(57)41-46)50-34-27-45(28-35-50)47-39-58-54-13-3-8-18-62(54)69-63-19-9-4-14-55(63)59(40-47)66(58)69/h1-41H. The summed E-state index contributed by atoms with van der Waals surface area (Å²) in [6.45, 7) is 0. The molecule has 70 heavy (non-hydrogen) atoms. The lowest BCUT2D eigenvalue weighted by Gasteiger charge is -2.26. The van der Waals surface area contributed by atoms with Crippen LogP contribution in [0.25, 0.3) is 121 Å². The van der Waals surface area contributed by atoms with Crippen LogP contribution in [0.5, 0.6) is 0 Å². The van der Waals surface area contributed by atoms with Gasteiger partial charge in [-0.15, -0.1) is 0 Å². The molecule has 0 unspecified atom stereocenters. The molecular formula is C66H41N3O. The zero-order chi connectivity index (χ0) is 45.9. The predicted octanol–water partition coefficient (Wildman–Crippen LogP) is 18.3. The van der Waals surface area contributed by atoms with Gasteiger partial charge in [-0.25, -0.2) is 0 Å². The zero-order valence-corrected chi connectivity index (χ0v) is 37.9. The second-order valence-corrected chi connectivity index (χ2v) is 18.5. The summed E-state index contributed by atoms with van der Waals surface area (Å²) < 4.78 is 11.1. The van der Waals surface area contributed by atoms with Crippen molar-refractivity contribution in [3.8, 4) is 39.1 Å². The average Bonchev–Trinajstić information content (AvgIpc) is 4.17. The number of nitrogens with zero attached hydrogens (tertiary/aromatic N) is 3. The maximum absolute atomic E-state index is 6.29. The molecule has 0 aliphatic carbocycles. The number of fused-ring (bicyclic) bond motifs is 12. The third-order valence-electron chi connectivity index (χ3n) is 14.7. The zero-order valence-electron chi connectivity index (χ0n) is 37.9. The molecule has 4 aromatic heterocycles. The summed E-state index contributed by atoms with van der Waals surface area (Å²) in [5.41, 5.74) is 19.4. The van der Waals surface area contributed by atoms with Crippen molar-refractivity contribution in [3.63, 3.8) is 0 Å². The van der Waals surface area contributed by atoms with Gasteiger partial charge in [0.25, 0.3) is 0 Å². The number of para-hydroxylation sites is 5. The smallest absolute Gasteiger partial charge is 0.136 e. The summed E-state index contributed by atoms with van der Waals surface area (Å²) in [7, 11) is 0. The fraction of sp³-hybridized carbons (Fsp3) is 0. The number of furan rings is 1. The molecule has 0 saturated carbocycles. The van der Waals surface area contributed by atoms with Crippen molar-refractivity contribution in [3.05, 3.63) is 249 Å². The molecule has 4 heterocycles. The second-order valence-electron chi connectivity index (χ2n) is 18.5. The van der Waals surface area contributed by atoms with Crippen molar-refractivity contribution in [1.82, 2.24) is 8.97 Å². The van der Waals surface area contributed by atoms with Gasteiger partial charge in [-0.2, -0.15) is 0 Å². The van der Waals surface area contributed by atoms with Gasteiger partial charge in [-0.3, -0.25) is 0 Å². The topological polar surface area (TPSA) is 25.7 Å². The minimum Gasteiger partial charge on any atom is -0.456 e. The number of benzene rings is 11. The maximum atomic E-state index is 6.29. The van der Waals surface area contributed by atoms with E-state index < -0.39 is 0 Å². The van der Waals surface area contributed by atoms with E-state index in [4.69, 9.17) is 4.42 Å². The highest BCUT2D eigenvalue weighted by atomic mass is 16.3. The van der Waals surface area contributed by atoms with E-state index in [1.807, 2.05) is 12.1 Å². The van der Waals surface area contributed by atoms with E-state index in [-0.39, 0.29) is 0 Å². The van der Waals surface area contributed by atoms with Crippen LogP contribution in [-0.4, -0.2) is 8.97 Å². The van der Waals surface area contributed by atoms with Crippen LogP contribution in [-0.2, 0) is 0 Å². The van der Waals surface area contributed by atoms with Crippen molar-refractivity contribution in [1.29, 1.82) is 0 Å². The monoisotopic (exact) mass is 891 g/mol. The number of anilines is 3. The number of aromatic nitrogens is 2. The molecule has 0 spiro atoms. The average molecular weight is 892 g/mol. The molecule has 0 radical (unpaired) electrons. The Kier molecular flexibility index (Phi) is 8.33. The van der Waals surface area contributed by atoms with Crippen LogP contribution in [0.4, 0.5) is 17.1 Å². The normalized spacial score (nSPS) is 12.0. The van der Waals surface area contributed by atoms with Gasteiger partial charge in [0.05, 0.1) is 27.6 Å². The Balaban J connectivity index is 0.806. The Bertz CT molecular complexity index is 4360. The van der Waals surface area contributed by atoms with Crippen molar-refractivity contribution in [2.75, 3.05) is 4.90 Å². The number of hydrogen-bond acceptors (Lipinski definition) is 2. The van der Waals surface area contributed by atoms with Gasteiger partial charge in [-0.05, 0) is 137 Å². The SMILES string of the molecule is c1ccc2c(c1)oc1cc(-c3ccc(N(c4ccc(-c5ccc(-n6c7ccccc7c7ccccc76)cc5)cc4)c4ccc(-c5cc6c7ccccc7n7c8ccccc8c(c5)c67)cc4)cc3)ccc12. The van der Waals surface area contributed by atoms with Crippen molar-refractivity contribution in [2.45, 2.75) is 0 Å². The van der Waals surface area contributed by atoms with Gasteiger partial charge in [0.15, 0.2) is 0 Å². The van der Waals surface area contributed by atoms with Crippen LogP contribution in [0.15, 0.2) is 253 Å². The lowest BCUT2D eigenvalue weighted by Crippen LogP contribution is -2.09. The van der Waals surface area contributed by atoms with Gasteiger partial charge >= 0.3 is 0 Å². The van der Waals surface area contributed by atoms with Crippen molar-refractivity contribution >= 4 is 98.9 Å². The first-order valence-corrected chi connectivity index (χ1v) is 24.0. The largest absolute Gasteiger partial charge is 0.456 e. The third-order valence-corrected chi connectivity index (χ3v) is 14.7. The molecule has 11 aromatic carbocycles. The molecule has 0 fully saturated rings. The van der Waals surface area contributed by atoms with Gasteiger partial charge in [0.2, 0.25) is 0 Å². The summed E-state index contributed by atoms with van der Waals surface area (Å²) >= 11 is 0. The molecule has 0 aliphatic heterocycles. The minimum absolute atomic E-state index is 0.897. The molecular weight excluding hydrogens is 851 g/mol.